The highest BCUT2D eigenvalue weighted by Crippen LogP contribution is 2.31. The van der Waals surface area contributed by atoms with E-state index in [1.54, 1.807) is 12.1 Å². The second-order valence-corrected chi connectivity index (χ2v) is 9.96. The third-order valence-electron chi connectivity index (χ3n) is 5.77. The fraction of sp³-hybridized carbons (Fsp3) is 0.261. The Kier molecular flexibility index (Phi) is 5.47. The van der Waals surface area contributed by atoms with Crippen molar-refractivity contribution < 1.29 is 17.6 Å². The van der Waals surface area contributed by atoms with Crippen LogP contribution in [0.3, 0.4) is 0 Å². The highest BCUT2D eigenvalue weighted by molar-refractivity contribution is 7.89. The van der Waals surface area contributed by atoms with E-state index >= 15 is 0 Å². The number of para-hydroxylation sites is 1. The smallest absolute Gasteiger partial charge is 0.243 e. The molecule has 4 aromatic rings. The van der Waals surface area contributed by atoms with Gasteiger partial charge in [-0.15, -0.1) is 0 Å². The van der Waals surface area contributed by atoms with Crippen molar-refractivity contribution in [1.82, 2.24) is 14.3 Å². The predicted molar refractivity (Wildman–Crippen MR) is 125 cm³/mol. The molecule has 2 aromatic heterocycles. The van der Waals surface area contributed by atoms with Crippen molar-refractivity contribution in [2.75, 3.05) is 23.7 Å². The minimum Gasteiger partial charge on any atom is -0.450 e. The van der Waals surface area contributed by atoms with E-state index in [1.165, 1.54) is 29.7 Å². The number of rotatable bonds is 5. The topological polar surface area (TPSA) is 117 Å². The fourth-order valence-corrected chi connectivity index (χ4v) is 5.59. The van der Waals surface area contributed by atoms with Gasteiger partial charge in [0.1, 0.15) is 17.4 Å². The molecule has 0 unspecified atom stereocenters. The molecule has 1 aliphatic heterocycles. The second kappa shape index (κ2) is 8.45. The molecule has 1 fully saturated rings. The lowest BCUT2D eigenvalue weighted by Gasteiger charge is -2.31. The molecule has 10 heteroatoms. The van der Waals surface area contributed by atoms with Crippen LogP contribution in [0.5, 0.6) is 0 Å². The quantitative estimate of drug-likeness (QED) is 0.462. The number of carbonyl (C=O) groups is 1. The molecule has 0 spiro atoms. The van der Waals surface area contributed by atoms with Gasteiger partial charge in [-0.1, -0.05) is 12.1 Å². The standard InChI is InChI=1S/C23H23N5O4S/c1-15(29)26-16-6-8-18(9-7-16)33(30,31)28-12-10-17(11-13-28)27-23-22-21(24-14-25-23)19-4-2-3-5-20(19)32-22/h2-9,14,17H,10-13H2,1H3,(H,26,29)(H,24,25,27). The maximum atomic E-state index is 13.0. The van der Waals surface area contributed by atoms with Crippen LogP contribution in [-0.2, 0) is 14.8 Å². The molecular weight excluding hydrogens is 442 g/mol. The molecular formula is C23H23N5O4S. The van der Waals surface area contributed by atoms with E-state index in [4.69, 9.17) is 4.42 Å². The Balaban J connectivity index is 1.28. The first-order valence-corrected chi connectivity index (χ1v) is 12.1. The van der Waals surface area contributed by atoms with Gasteiger partial charge in [-0.25, -0.2) is 18.4 Å². The van der Waals surface area contributed by atoms with Gasteiger partial charge in [-0.2, -0.15) is 4.31 Å². The molecule has 2 aromatic carbocycles. The third-order valence-corrected chi connectivity index (χ3v) is 7.68. The van der Waals surface area contributed by atoms with Crippen molar-refractivity contribution in [3.63, 3.8) is 0 Å². The van der Waals surface area contributed by atoms with Crippen LogP contribution in [0.1, 0.15) is 19.8 Å². The maximum absolute atomic E-state index is 13.0. The molecule has 170 valence electrons. The zero-order valence-electron chi connectivity index (χ0n) is 18.0. The summed E-state index contributed by atoms with van der Waals surface area (Å²) >= 11 is 0. The molecule has 0 saturated carbocycles. The number of anilines is 2. The first-order chi connectivity index (χ1) is 15.9. The van der Waals surface area contributed by atoms with Crippen molar-refractivity contribution in [3.8, 4) is 0 Å². The number of hydrogen-bond donors (Lipinski definition) is 2. The van der Waals surface area contributed by atoms with Gasteiger partial charge in [0.15, 0.2) is 11.4 Å². The molecule has 1 aliphatic rings. The SMILES string of the molecule is CC(=O)Nc1ccc(S(=O)(=O)N2CCC(Nc3ncnc4c3oc3ccccc34)CC2)cc1. The number of piperidine rings is 1. The summed E-state index contributed by atoms with van der Waals surface area (Å²) in [5.74, 6) is 0.412. The van der Waals surface area contributed by atoms with Gasteiger partial charge in [0.2, 0.25) is 15.9 Å². The largest absolute Gasteiger partial charge is 0.450 e. The van der Waals surface area contributed by atoms with E-state index in [9.17, 15) is 13.2 Å². The van der Waals surface area contributed by atoms with Crippen molar-refractivity contribution in [2.24, 2.45) is 0 Å². The molecule has 33 heavy (non-hydrogen) atoms. The van der Waals surface area contributed by atoms with E-state index in [0.29, 0.717) is 43.0 Å². The molecule has 5 rings (SSSR count). The minimum atomic E-state index is -3.61. The number of sulfonamides is 1. The predicted octanol–water partition coefficient (Wildman–Crippen LogP) is 3.60. The minimum absolute atomic E-state index is 0.0601. The van der Waals surface area contributed by atoms with Gasteiger partial charge in [0.05, 0.1) is 4.90 Å². The summed E-state index contributed by atoms with van der Waals surface area (Å²) in [6.45, 7) is 2.19. The van der Waals surface area contributed by atoms with Gasteiger partial charge in [-0.05, 0) is 49.2 Å². The Morgan fingerprint density at radius 2 is 1.79 bits per heavy atom. The Morgan fingerprint density at radius 1 is 1.06 bits per heavy atom. The van der Waals surface area contributed by atoms with Crippen LogP contribution in [-0.4, -0.2) is 47.7 Å². The van der Waals surface area contributed by atoms with E-state index < -0.39 is 10.0 Å². The number of amides is 1. The Morgan fingerprint density at radius 3 is 2.52 bits per heavy atom. The van der Waals surface area contributed by atoms with E-state index in [1.807, 2.05) is 24.3 Å². The van der Waals surface area contributed by atoms with Gasteiger partial charge in [-0.3, -0.25) is 4.79 Å². The first-order valence-electron chi connectivity index (χ1n) is 10.7. The number of furan rings is 1. The monoisotopic (exact) mass is 465 g/mol. The molecule has 9 nitrogen and oxygen atoms in total. The van der Waals surface area contributed by atoms with Crippen LogP contribution in [0.2, 0.25) is 0 Å². The summed E-state index contributed by atoms with van der Waals surface area (Å²) < 4.78 is 33.6. The Labute approximate surface area is 190 Å². The zero-order valence-corrected chi connectivity index (χ0v) is 18.8. The van der Waals surface area contributed by atoms with E-state index in [0.717, 1.165) is 16.5 Å². The highest BCUT2D eigenvalue weighted by atomic mass is 32.2. The van der Waals surface area contributed by atoms with Gasteiger partial charge >= 0.3 is 0 Å². The van der Waals surface area contributed by atoms with Crippen molar-refractivity contribution in [1.29, 1.82) is 0 Å². The molecule has 0 atom stereocenters. The van der Waals surface area contributed by atoms with Crippen LogP contribution in [0.25, 0.3) is 22.1 Å². The first kappa shape index (κ1) is 21.4. The second-order valence-electron chi connectivity index (χ2n) is 8.03. The Bertz CT molecular complexity index is 1420. The molecule has 2 N–H and O–H groups in total. The number of aromatic nitrogens is 2. The van der Waals surface area contributed by atoms with Crippen LogP contribution in [0, 0.1) is 0 Å². The Hall–Kier alpha value is -3.50. The van der Waals surface area contributed by atoms with Crippen molar-refractivity contribution in [2.45, 2.75) is 30.7 Å². The van der Waals surface area contributed by atoms with Crippen LogP contribution in [0.4, 0.5) is 11.5 Å². The number of carbonyl (C=O) groups excluding carboxylic acids is 1. The summed E-state index contributed by atoms with van der Waals surface area (Å²) in [6, 6.07) is 14.0. The summed E-state index contributed by atoms with van der Waals surface area (Å²) in [5.41, 5.74) is 2.67. The number of nitrogens with one attached hydrogen (secondary N) is 2. The molecule has 1 saturated heterocycles. The summed E-state index contributed by atoms with van der Waals surface area (Å²) in [6.07, 6.45) is 2.78. The fourth-order valence-electron chi connectivity index (χ4n) is 4.12. The molecule has 1 amide bonds. The lowest BCUT2D eigenvalue weighted by Crippen LogP contribution is -2.42. The van der Waals surface area contributed by atoms with Gasteiger partial charge < -0.3 is 15.1 Å². The summed E-state index contributed by atoms with van der Waals surface area (Å²) in [5, 5.41) is 6.99. The summed E-state index contributed by atoms with van der Waals surface area (Å²) in [4.78, 5) is 20.1. The molecule has 0 aliphatic carbocycles. The number of hydrogen-bond acceptors (Lipinski definition) is 7. The van der Waals surface area contributed by atoms with Crippen LogP contribution in [0.15, 0.2) is 64.2 Å². The molecule has 0 radical (unpaired) electrons. The average Bonchev–Trinajstić information content (AvgIpc) is 3.19. The van der Waals surface area contributed by atoms with E-state index in [-0.39, 0.29) is 16.8 Å². The third kappa shape index (κ3) is 4.14. The molecule has 0 bridgehead atoms. The number of benzene rings is 2. The number of fused-ring (bicyclic) bond motifs is 3. The lowest BCUT2D eigenvalue weighted by molar-refractivity contribution is -0.114. The van der Waals surface area contributed by atoms with Crippen LogP contribution < -0.4 is 10.6 Å². The van der Waals surface area contributed by atoms with E-state index in [2.05, 4.69) is 20.6 Å². The van der Waals surface area contributed by atoms with Crippen molar-refractivity contribution in [3.05, 3.63) is 54.9 Å². The number of nitrogens with zero attached hydrogens (tertiary/aromatic N) is 3. The normalized spacial score (nSPS) is 15.7. The summed E-state index contributed by atoms with van der Waals surface area (Å²) in [7, 11) is -3.61. The van der Waals surface area contributed by atoms with Crippen LogP contribution >= 0.6 is 0 Å². The highest BCUT2D eigenvalue weighted by Gasteiger charge is 2.30. The lowest BCUT2D eigenvalue weighted by atomic mass is 10.1. The van der Waals surface area contributed by atoms with Gasteiger partial charge in [0.25, 0.3) is 0 Å². The van der Waals surface area contributed by atoms with Crippen molar-refractivity contribution >= 4 is 49.5 Å². The zero-order chi connectivity index (χ0) is 23.0. The average molecular weight is 466 g/mol. The maximum Gasteiger partial charge on any atom is 0.243 e. The molecule has 3 heterocycles. The van der Waals surface area contributed by atoms with Gasteiger partial charge in [0, 0.05) is 37.1 Å².